The number of ether oxygens (including phenoxy) is 1. The number of aliphatic hydroxyl groups excluding tert-OH is 1. The molecule has 0 aliphatic carbocycles. The molecule has 1 aliphatic heterocycles. The number of phosphoric acid groups is 1. The monoisotopic (exact) mass is 439 g/mol. The minimum atomic E-state index is -4.79. The van der Waals surface area contributed by atoms with E-state index in [0.717, 1.165) is 0 Å². The Hall–Kier alpha value is -2.80. The average Bonchev–Trinajstić information content (AvgIpc) is 3.26. The third kappa shape index (κ3) is 4.21. The highest BCUT2D eigenvalue weighted by molar-refractivity contribution is 7.46. The number of aromatic hydroxyl groups is 1. The van der Waals surface area contributed by atoms with Gasteiger partial charge in [-0.3, -0.25) is 18.9 Å². The van der Waals surface area contributed by atoms with E-state index in [2.05, 4.69) is 20.3 Å². The highest BCUT2D eigenvalue weighted by Gasteiger charge is 2.40. The van der Waals surface area contributed by atoms with Gasteiger partial charge in [-0.1, -0.05) is 0 Å². The molecule has 4 rings (SSSR count). The van der Waals surface area contributed by atoms with Crippen molar-refractivity contribution >= 4 is 30.6 Å². The number of anilines is 2. The number of fused-ring (bicyclic) bond motifs is 1. The first-order valence-electron chi connectivity index (χ1n) is 8.76. The normalized spacial score (nSPS) is 21.9. The summed E-state index contributed by atoms with van der Waals surface area (Å²) in [5.41, 5.74) is 0.252. The van der Waals surface area contributed by atoms with Crippen molar-refractivity contribution in [2.24, 2.45) is 0 Å². The Balaban J connectivity index is 1.65. The van der Waals surface area contributed by atoms with Crippen LogP contribution in [0.5, 0.6) is 5.75 Å². The number of hydrogen-bond donors (Lipinski definition) is 6. The van der Waals surface area contributed by atoms with Crippen LogP contribution >= 0.6 is 7.82 Å². The van der Waals surface area contributed by atoms with Gasteiger partial charge in [0.2, 0.25) is 5.95 Å². The fourth-order valence-corrected chi connectivity index (χ4v) is 3.77. The summed E-state index contributed by atoms with van der Waals surface area (Å²) >= 11 is 0. The van der Waals surface area contributed by atoms with Crippen LogP contribution in [0.2, 0.25) is 0 Å². The van der Waals surface area contributed by atoms with Crippen LogP contribution in [-0.2, 0) is 13.8 Å². The van der Waals surface area contributed by atoms with E-state index in [-0.39, 0.29) is 29.3 Å². The lowest BCUT2D eigenvalue weighted by Gasteiger charge is -2.16. The molecule has 3 aromatic rings. The molecule has 0 unspecified atom stereocenters. The predicted molar refractivity (Wildman–Crippen MR) is 102 cm³/mol. The Morgan fingerprint density at radius 2 is 2.07 bits per heavy atom. The summed E-state index contributed by atoms with van der Waals surface area (Å²) in [7, 11) is -4.79. The van der Waals surface area contributed by atoms with Crippen molar-refractivity contribution in [3.05, 3.63) is 40.9 Å². The summed E-state index contributed by atoms with van der Waals surface area (Å²) < 4.78 is 22.9. The maximum atomic E-state index is 12.4. The predicted octanol–water partition coefficient (Wildman–Crippen LogP) is 0.326. The van der Waals surface area contributed by atoms with E-state index in [1.165, 1.54) is 23.0 Å². The Bertz CT molecular complexity index is 1160. The standard InChI is InChI=1S/C16H18N5O8P/c22-6-11-10(29-30(25,26)27)5-12(28-11)21-7-17-13-14(21)19-16(20-15(13)24)18-8-1-3-9(23)4-2-8/h1-4,7,10-12,22-23H,5-6H2,(H2,25,26,27)(H2,18,19,20,24)/t10-,11+,12+/m0/s1. The maximum Gasteiger partial charge on any atom is 0.469 e. The molecule has 0 amide bonds. The van der Waals surface area contributed by atoms with Crippen LogP contribution in [0.4, 0.5) is 11.6 Å². The number of nitrogens with zero attached hydrogens (tertiary/aromatic N) is 3. The molecule has 14 heteroatoms. The molecule has 0 spiro atoms. The number of benzene rings is 1. The maximum absolute atomic E-state index is 12.4. The fraction of sp³-hybridized carbons (Fsp3) is 0.312. The lowest BCUT2D eigenvalue weighted by atomic mass is 10.2. The summed E-state index contributed by atoms with van der Waals surface area (Å²) in [6.45, 7) is -0.518. The number of hydrogen-bond acceptors (Lipinski definition) is 9. The second-order valence-electron chi connectivity index (χ2n) is 6.59. The van der Waals surface area contributed by atoms with E-state index in [4.69, 9.17) is 19.0 Å². The Kier molecular flexibility index (Phi) is 5.32. The zero-order valence-corrected chi connectivity index (χ0v) is 16.1. The summed E-state index contributed by atoms with van der Waals surface area (Å²) in [6.07, 6.45) is -1.54. The second-order valence-corrected chi connectivity index (χ2v) is 7.78. The molecule has 3 heterocycles. The molecule has 0 saturated carbocycles. The molecule has 30 heavy (non-hydrogen) atoms. The second kappa shape index (κ2) is 7.80. The lowest BCUT2D eigenvalue weighted by Crippen LogP contribution is -2.26. The number of phenolic OH excluding ortho intramolecular Hbond substituents is 1. The molecule has 2 aromatic heterocycles. The van der Waals surface area contributed by atoms with Crippen molar-refractivity contribution < 1.29 is 33.8 Å². The van der Waals surface area contributed by atoms with Crippen LogP contribution in [0.1, 0.15) is 12.6 Å². The van der Waals surface area contributed by atoms with Crippen molar-refractivity contribution in [1.82, 2.24) is 19.5 Å². The van der Waals surface area contributed by atoms with Gasteiger partial charge in [0.25, 0.3) is 5.56 Å². The van der Waals surface area contributed by atoms with E-state index in [1.54, 1.807) is 12.1 Å². The Morgan fingerprint density at radius 3 is 2.73 bits per heavy atom. The largest absolute Gasteiger partial charge is 0.508 e. The molecule has 160 valence electrons. The molecule has 3 atom stereocenters. The van der Waals surface area contributed by atoms with Crippen molar-refractivity contribution in [2.75, 3.05) is 11.9 Å². The SMILES string of the molecule is O=c1[nH]c(Nc2ccc(O)cc2)nc2c1ncn2[C@H]1C[C@H](OP(=O)(O)O)[C@@H](CO)O1. The number of aromatic amines is 1. The molecular weight excluding hydrogens is 421 g/mol. The van der Waals surface area contributed by atoms with E-state index in [9.17, 15) is 19.6 Å². The summed E-state index contributed by atoms with van der Waals surface area (Å²) in [6, 6.07) is 6.11. The number of phenols is 1. The van der Waals surface area contributed by atoms with Gasteiger partial charge in [0.1, 0.15) is 24.2 Å². The van der Waals surface area contributed by atoms with Crippen molar-refractivity contribution in [3.8, 4) is 5.75 Å². The summed E-state index contributed by atoms with van der Waals surface area (Å²) in [5.74, 6) is 0.194. The van der Waals surface area contributed by atoms with Crippen LogP contribution in [0.25, 0.3) is 11.2 Å². The zero-order valence-electron chi connectivity index (χ0n) is 15.2. The van der Waals surface area contributed by atoms with E-state index in [1.807, 2.05) is 0 Å². The molecule has 1 saturated heterocycles. The highest BCUT2D eigenvalue weighted by atomic mass is 31.2. The number of imidazole rings is 1. The quantitative estimate of drug-likeness (QED) is 0.229. The minimum absolute atomic E-state index is 0.00298. The van der Waals surface area contributed by atoms with Gasteiger partial charge in [0.05, 0.1) is 12.9 Å². The number of H-pyrrole nitrogens is 1. The van der Waals surface area contributed by atoms with E-state index >= 15 is 0 Å². The molecule has 1 fully saturated rings. The average molecular weight is 439 g/mol. The van der Waals surface area contributed by atoms with Crippen molar-refractivity contribution in [1.29, 1.82) is 0 Å². The Labute approximate surface area is 168 Å². The smallest absolute Gasteiger partial charge is 0.469 e. The molecule has 13 nitrogen and oxygen atoms in total. The van der Waals surface area contributed by atoms with Gasteiger partial charge in [-0.15, -0.1) is 0 Å². The van der Waals surface area contributed by atoms with Gasteiger partial charge in [0.15, 0.2) is 11.2 Å². The first-order chi connectivity index (χ1) is 14.2. The van der Waals surface area contributed by atoms with Gasteiger partial charge in [-0.25, -0.2) is 9.55 Å². The number of aliphatic hydroxyl groups is 1. The van der Waals surface area contributed by atoms with Gasteiger partial charge in [-0.2, -0.15) is 4.98 Å². The van der Waals surface area contributed by atoms with Crippen LogP contribution in [-0.4, -0.2) is 58.3 Å². The van der Waals surface area contributed by atoms with Crippen LogP contribution in [0.3, 0.4) is 0 Å². The first kappa shape index (κ1) is 20.5. The summed E-state index contributed by atoms with van der Waals surface area (Å²) in [4.78, 5) is 41.4. The fourth-order valence-electron chi connectivity index (χ4n) is 3.20. The lowest BCUT2D eigenvalue weighted by molar-refractivity contribution is -0.0425. The third-order valence-corrected chi connectivity index (χ3v) is 5.05. The molecule has 0 radical (unpaired) electrons. The summed E-state index contributed by atoms with van der Waals surface area (Å²) in [5, 5.41) is 21.7. The zero-order chi connectivity index (χ0) is 21.5. The van der Waals surface area contributed by atoms with Gasteiger partial charge in [0, 0.05) is 12.1 Å². The van der Waals surface area contributed by atoms with Crippen molar-refractivity contribution in [3.63, 3.8) is 0 Å². The highest BCUT2D eigenvalue weighted by Crippen LogP contribution is 2.43. The number of phosphoric ester groups is 1. The molecular formula is C16H18N5O8P. The first-order valence-corrected chi connectivity index (χ1v) is 10.3. The molecule has 0 bridgehead atoms. The third-order valence-electron chi connectivity index (χ3n) is 4.51. The molecule has 6 N–H and O–H groups in total. The van der Waals surface area contributed by atoms with Gasteiger partial charge < -0.3 is 30.1 Å². The van der Waals surface area contributed by atoms with Crippen LogP contribution in [0, 0.1) is 0 Å². The van der Waals surface area contributed by atoms with Gasteiger partial charge in [-0.05, 0) is 24.3 Å². The topological polar surface area (TPSA) is 192 Å². The van der Waals surface area contributed by atoms with Crippen molar-refractivity contribution in [2.45, 2.75) is 24.9 Å². The Morgan fingerprint density at radius 1 is 1.33 bits per heavy atom. The van der Waals surface area contributed by atoms with Crippen LogP contribution < -0.4 is 10.9 Å². The minimum Gasteiger partial charge on any atom is -0.508 e. The number of aromatic nitrogens is 4. The molecule has 1 aromatic carbocycles. The van der Waals surface area contributed by atoms with Gasteiger partial charge >= 0.3 is 7.82 Å². The number of rotatable bonds is 6. The van der Waals surface area contributed by atoms with E-state index in [0.29, 0.717) is 5.69 Å². The molecule has 1 aliphatic rings. The van der Waals surface area contributed by atoms with E-state index < -0.39 is 38.4 Å². The number of nitrogens with one attached hydrogen (secondary N) is 2. The van der Waals surface area contributed by atoms with Crippen LogP contribution in [0.15, 0.2) is 35.4 Å².